The summed E-state index contributed by atoms with van der Waals surface area (Å²) in [5, 5.41) is 26.4. The van der Waals surface area contributed by atoms with Crippen molar-refractivity contribution in [3.8, 4) is 0 Å². The third-order valence-corrected chi connectivity index (χ3v) is 6.20. The van der Waals surface area contributed by atoms with Gasteiger partial charge in [0.05, 0.1) is 6.04 Å². The van der Waals surface area contributed by atoms with Gasteiger partial charge in [-0.1, -0.05) is 32.0 Å². The largest absolute Gasteiger partial charge is 0.481 e. The third kappa shape index (κ3) is 8.50. The molecule has 0 radical (unpaired) electrons. The van der Waals surface area contributed by atoms with E-state index < -0.39 is 60.2 Å². The van der Waals surface area contributed by atoms with Crippen LogP contribution in [0.4, 0.5) is 0 Å². The van der Waals surface area contributed by atoms with Crippen molar-refractivity contribution in [2.75, 3.05) is 5.75 Å². The molecule has 1 aromatic heterocycles. The number of thiol groups is 1. The molecule has 0 fully saturated rings. The summed E-state index contributed by atoms with van der Waals surface area (Å²) < 4.78 is 0. The van der Waals surface area contributed by atoms with Gasteiger partial charge < -0.3 is 36.9 Å². The van der Waals surface area contributed by atoms with E-state index in [9.17, 15) is 29.1 Å². The van der Waals surface area contributed by atoms with Crippen molar-refractivity contribution in [2.45, 2.75) is 57.3 Å². The molecule has 0 spiro atoms. The first-order valence-corrected chi connectivity index (χ1v) is 12.3. The predicted octanol–water partition coefficient (Wildman–Crippen LogP) is 0.0273. The maximum Gasteiger partial charge on any atom is 0.326 e. The molecule has 12 nitrogen and oxygen atoms in total. The van der Waals surface area contributed by atoms with Crippen LogP contribution in [0.2, 0.25) is 0 Å². The lowest BCUT2D eigenvalue weighted by Gasteiger charge is -2.25. The number of H-pyrrole nitrogens is 1. The molecule has 1 heterocycles. The fourth-order valence-electron chi connectivity index (χ4n) is 3.56. The van der Waals surface area contributed by atoms with Crippen LogP contribution in [0.3, 0.4) is 0 Å². The highest BCUT2D eigenvalue weighted by atomic mass is 32.1. The van der Waals surface area contributed by atoms with Crippen molar-refractivity contribution >= 4 is 53.2 Å². The van der Waals surface area contributed by atoms with Crippen LogP contribution < -0.4 is 21.7 Å². The number of hydrogen-bond acceptors (Lipinski definition) is 7. The van der Waals surface area contributed by atoms with E-state index >= 15 is 0 Å². The summed E-state index contributed by atoms with van der Waals surface area (Å²) in [7, 11) is 0. The molecule has 3 amide bonds. The van der Waals surface area contributed by atoms with Gasteiger partial charge in [-0.3, -0.25) is 19.2 Å². The Morgan fingerprint density at radius 1 is 0.946 bits per heavy atom. The Morgan fingerprint density at radius 3 is 2.14 bits per heavy atom. The summed E-state index contributed by atoms with van der Waals surface area (Å²) in [6, 6.07) is 2.75. The number of rotatable bonds is 14. The monoisotopic (exact) mass is 535 g/mol. The Kier molecular flexibility index (Phi) is 10.9. The van der Waals surface area contributed by atoms with Gasteiger partial charge in [-0.15, -0.1) is 0 Å². The van der Waals surface area contributed by atoms with Crippen LogP contribution in [0.15, 0.2) is 30.5 Å². The Balaban J connectivity index is 2.21. The van der Waals surface area contributed by atoms with E-state index in [0.29, 0.717) is 0 Å². The number of aromatic amines is 1. The zero-order valence-electron chi connectivity index (χ0n) is 20.6. The van der Waals surface area contributed by atoms with E-state index in [0.717, 1.165) is 16.5 Å². The maximum absolute atomic E-state index is 13.3. The summed E-state index contributed by atoms with van der Waals surface area (Å²) >= 11 is 4.09. The molecule has 0 aliphatic rings. The number of hydrogen-bond donors (Lipinski definition) is 8. The van der Waals surface area contributed by atoms with Crippen LogP contribution in [0.25, 0.3) is 10.9 Å². The molecule has 2 rings (SSSR count). The van der Waals surface area contributed by atoms with E-state index in [4.69, 9.17) is 10.8 Å². The number of carbonyl (C=O) groups excluding carboxylic acids is 3. The van der Waals surface area contributed by atoms with E-state index in [1.54, 1.807) is 20.0 Å². The summed E-state index contributed by atoms with van der Waals surface area (Å²) in [6.45, 7) is 3.53. The zero-order chi connectivity index (χ0) is 27.7. The number of aromatic nitrogens is 1. The Bertz CT molecular complexity index is 1140. The molecule has 0 bridgehead atoms. The summed E-state index contributed by atoms with van der Waals surface area (Å²) in [5.41, 5.74) is 7.55. The van der Waals surface area contributed by atoms with Gasteiger partial charge in [0.2, 0.25) is 17.7 Å². The number of para-hydroxylation sites is 1. The lowest BCUT2D eigenvalue weighted by atomic mass is 10.0. The second-order valence-corrected chi connectivity index (χ2v) is 9.34. The van der Waals surface area contributed by atoms with Crippen LogP contribution in [-0.4, -0.2) is 74.8 Å². The number of aliphatic carboxylic acids is 2. The van der Waals surface area contributed by atoms with Gasteiger partial charge in [-0.2, -0.15) is 12.6 Å². The molecule has 1 aromatic carbocycles. The van der Waals surface area contributed by atoms with Gasteiger partial charge in [-0.05, 0) is 24.0 Å². The van der Waals surface area contributed by atoms with Gasteiger partial charge in [0, 0.05) is 35.7 Å². The number of carbonyl (C=O) groups is 5. The van der Waals surface area contributed by atoms with E-state index in [-0.39, 0.29) is 24.5 Å². The van der Waals surface area contributed by atoms with E-state index in [1.165, 1.54) is 0 Å². The second kappa shape index (κ2) is 13.7. The number of carboxylic acid groups (broad SMARTS) is 2. The normalized spacial score (nSPS) is 14.4. The predicted molar refractivity (Wildman–Crippen MR) is 139 cm³/mol. The van der Waals surface area contributed by atoms with Crippen molar-refractivity contribution in [3.63, 3.8) is 0 Å². The SMILES string of the molecule is CC(C)C(N)C(=O)NC(Cc1c[nH]c2ccccc12)C(=O)NC(CS)C(=O)NC(CCC(=O)O)C(=O)O. The average molecular weight is 536 g/mol. The summed E-state index contributed by atoms with van der Waals surface area (Å²) in [5.74, 6) is -5.07. The molecule has 13 heteroatoms. The van der Waals surface area contributed by atoms with Crippen LogP contribution in [0.1, 0.15) is 32.3 Å². The highest BCUT2D eigenvalue weighted by Gasteiger charge is 2.31. The average Bonchev–Trinajstić information content (AvgIpc) is 3.26. The van der Waals surface area contributed by atoms with Crippen molar-refractivity contribution in [1.29, 1.82) is 0 Å². The highest BCUT2D eigenvalue weighted by Crippen LogP contribution is 2.19. The standard InChI is InChI=1S/C24H33N5O7S/c1-12(2)20(25)23(34)28-17(9-13-10-26-15-6-4-3-5-14(13)15)21(32)29-18(11-37)22(33)27-16(24(35)36)7-8-19(30)31/h3-6,10,12,16-18,20,26,37H,7-9,11,25H2,1-2H3,(H,27,33)(H,28,34)(H,29,32)(H,30,31)(H,35,36). The number of benzene rings is 1. The topological polar surface area (TPSA) is 204 Å². The molecule has 4 unspecified atom stereocenters. The minimum Gasteiger partial charge on any atom is -0.481 e. The van der Waals surface area contributed by atoms with E-state index in [1.807, 2.05) is 24.3 Å². The first-order chi connectivity index (χ1) is 17.4. The third-order valence-electron chi connectivity index (χ3n) is 5.83. The smallest absolute Gasteiger partial charge is 0.326 e. The first kappa shape index (κ1) is 29.6. The van der Waals surface area contributed by atoms with Crippen molar-refractivity contribution in [1.82, 2.24) is 20.9 Å². The van der Waals surface area contributed by atoms with Gasteiger partial charge in [-0.25, -0.2) is 4.79 Å². The molecule has 0 aliphatic heterocycles. The van der Waals surface area contributed by atoms with Crippen LogP contribution in [0, 0.1) is 5.92 Å². The van der Waals surface area contributed by atoms with E-state index in [2.05, 4.69) is 33.6 Å². The van der Waals surface area contributed by atoms with Crippen LogP contribution >= 0.6 is 12.6 Å². The summed E-state index contributed by atoms with van der Waals surface area (Å²) in [4.78, 5) is 64.0. The molecule has 4 atom stereocenters. The number of fused-ring (bicyclic) bond motifs is 1. The molecular weight excluding hydrogens is 502 g/mol. The van der Waals surface area contributed by atoms with Crippen molar-refractivity contribution in [2.24, 2.45) is 11.7 Å². The lowest BCUT2D eigenvalue weighted by Crippen LogP contribution is -2.58. The maximum atomic E-state index is 13.3. The molecule has 37 heavy (non-hydrogen) atoms. The van der Waals surface area contributed by atoms with Gasteiger partial charge in [0.25, 0.3) is 0 Å². The Labute approximate surface area is 219 Å². The van der Waals surface area contributed by atoms with Gasteiger partial charge in [0.15, 0.2) is 0 Å². The van der Waals surface area contributed by atoms with Crippen LogP contribution in [0.5, 0.6) is 0 Å². The van der Waals surface area contributed by atoms with Gasteiger partial charge >= 0.3 is 11.9 Å². The molecule has 0 saturated carbocycles. The zero-order valence-corrected chi connectivity index (χ0v) is 21.5. The number of amides is 3. The van der Waals surface area contributed by atoms with Crippen molar-refractivity contribution in [3.05, 3.63) is 36.0 Å². The summed E-state index contributed by atoms with van der Waals surface area (Å²) in [6.07, 6.45) is 1.01. The highest BCUT2D eigenvalue weighted by molar-refractivity contribution is 7.80. The van der Waals surface area contributed by atoms with Crippen LogP contribution in [-0.2, 0) is 30.4 Å². The quantitative estimate of drug-likeness (QED) is 0.155. The second-order valence-electron chi connectivity index (χ2n) is 8.97. The molecule has 8 N–H and O–H groups in total. The minimum atomic E-state index is -1.46. The minimum absolute atomic E-state index is 0.0870. The Morgan fingerprint density at radius 2 is 1.54 bits per heavy atom. The lowest BCUT2D eigenvalue weighted by molar-refractivity contribution is -0.143. The number of carboxylic acids is 2. The Hall–Kier alpha value is -3.58. The van der Waals surface area contributed by atoms with Gasteiger partial charge in [0.1, 0.15) is 18.1 Å². The molecule has 0 saturated heterocycles. The molecule has 2 aromatic rings. The first-order valence-electron chi connectivity index (χ1n) is 11.7. The molecule has 0 aliphatic carbocycles. The molecule has 202 valence electrons. The molecular formula is C24H33N5O7S. The number of nitrogens with two attached hydrogens (primary N) is 1. The number of nitrogens with one attached hydrogen (secondary N) is 4. The fraction of sp³-hybridized carbons (Fsp3) is 0.458. The van der Waals surface area contributed by atoms with Crippen molar-refractivity contribution < 1.29 is 34.2 Å². The fourth-order valence-corrected chi connectivity index (χ4v) is 3.82.